The monoisotopic (exact) mass is 407 g/mol. The second kappa shape index (κ2) is 9.30. The first kappa shape index (κ1) is 21.3. The molecule has 1 aromatic carbocycles. The lowest BCUT2D eigenvalue weighted by molar-refractivity contribution is 0.0975. The van der Waals surface area contributed by atoms with Crippen molar-refractivity contribution in [2.24, 2.45) is 0 Å². The van der Waals surface area contributed by atoms with E-state index in [0.717, 1.165) is 28.3 Å². The predicted molar refractivity (Wildman–Crippen MR) is 114 cm³/mol. The fourth-order valence-corrected chi connectivity index (χ4v) is 3.96. The van der Waals surface area contributed by atoms with Crippen LogP contribution >= 0.6 is 23.7 Å². The molecule has 3 aromatic rings. The molecule has 0 bridgehead atoms. The summed E-state index contributed by atoms with van der Waals surface area (Å²) in [5.74, 6) is -0.0427. The molecule has 0 fully saturated rings. The van der Waals surface area contributed by atoms with Crippen LogP contribution < -0.4 is 4.90 Å². The van der Waals surface area contributed by atoms with Crippen molar-refractivity contribution in [1.82, 2.24) is 19.7 Å². The summed E-state index contributed by atoms with van der Waals surface area (Å²) in [6.45, 7) is 6.27. The normalized spacial score (nSPS) is 11.0. The van der Waals surface area contributed by atoms with Crippen molar-refractivity contribution in [2.75, 3.05) is 32.1 Å². The third-order valence-electron chi connectivity index (χ3n) is 4.23. The summed E-state index contributed by atoms with van der Waals surface area (Å²) in [4.78, 5) is 21.9. The number of thiazole rings is 1. The van der Waals surface area contributed by atoms with Crippen LogP contribution in [0.15, 0.2) is 30.5 Å². The standard InChI is InChI=1S/C19H25N5OS.ClH/c1-5-24-16(9-10-20-24)18(25)23(12-6-11-22(3)4)19-21-15-8-7-14(2)13-17(15)26-19;/h7-10,13H,5-6,11-12H2,1-4H3;1H. The fraction of sp³-hybridized carbons (Fsp3) is 0.421. The first-order valence-electron chi connectivity index (χ1n) is 8.85. The number of fused-ring (bicyclic) bond motifs is 1. The van der Waals surface area contributed by atoms with Crippen LogP contribution in [0.3, 0.4) is 0 Å². The van der Waals surface area contributed by atoms with Crippen LogP contribution in [-0.2, 0) is 6.54 Å². The second-order valence-corrected chi connectivity index (χ2v) is 7.62. The summed E-state index contributed by atoms with van der Waals surface area (Å²) < 4.78 is 2.84. The summed E-state index contributed by atoms with van der Waals surface area (Å²) in [7, 11) is 4.08. The number of aryl methyl sites for hydroxylation is 2. The Bertz CT molecular complexity index is 905. The second-order valence-electron chi connectivity index (χ2n) is 6.61. The molecule has 0 aliphatic rings. The molecule has 0 atom stereocenters. The van der Waals surface area contributed by atoms with Gasteiger partial charge in [0.15, 0.2) is 5.13 Å². The van der Waals surface area contributed by atoms with Crippen molar-refractivity contribution in [3.05, 3.63) is 41.7 Å². The molecule has 6 nitrogen and oxygen atoms in total. The lowest BCUT2D eigenvalue weighted by atomic mass is 10.2. The number of rotatable bonds is 7. The van der Waals surface area contributed by atoms with Gasteiger partial charge in [-0.3, -0.25) is 14.4 Å². The van der Waals surface area contributed by atoms with Crippen molar-refractivity contribution < 1.29 is 4.79 Å². The highest BCUT2D eigenvalue weighted by Gasteiger charge is 2.23. The van der Waals surface area contributed by atoms with E-state index < -0.39 is 0 Å². The van der Waals surface area contributed by atoms with Crippen molar-refractivity contribution >= 4 is 45.0 Å². The molecule has 2 aromatic heterocycles. The van der Waals surface area contributed by atoms with Crippen LogP contribution in [0.25, 0.3) is 10.2 Å². The minimum absolute atomic E-state index is 0. The van der Waals surface area contributed by atoms with E-state index in [1.165, 1.54) is 5.56 Å². The zero-order chi connectivity index (χ0) is 18.7. The number of hydrogen-bond donors (Lipinski definition) is 0. The molecule has 146 valence electrons. The summed E-state index contributed by atoms with van der Waals surface area (Å²) in [6, 6.07) is 7.97. The first-order valence-corrected chi connectivity index (χ1v) is 9.67. The summed E-state index contributed by atoms with van der Waals surface area (Å²) in [6.07, 6.45) is 2.56. The van der Waals surface area contributed by atoms with E-state index in [9.17, 15) is 4.79 Å². The molecule has 0 radical (unpaired) electrons. The maximum atomic E-state index is 13.2. The van der Waals surface area contributed by atoms with Gasteiger partial charge in [0, 0.05) is 19.3 Å². The third-order valence-corrected chi connectivity index (χ3v) is 5.27. The smallest absolute Gasteiger partial charge is 0.278 e. The number of anilines is 1. The van der Waals surface area contributed by atoms with Gasteiger partial charge in [-0.15, -0.1) is 12.4 Å². The average molecular weight is 408 g/mol. The molecule has 27 heavy (non-hydrogen) atoms. The molecule has 0 aliphatic carbocycles. The molecule has 0 saturated carbocycles. The minimum atomic E-state index is -0.0427. The Balaban J connectivity index is 0.00000261. The van der Waals surface area contributed by atoms with E-state index in [0.29, 0.717) is 18.8 Å². The first-order chi connectivity index (χ1) is 12.5. The number of halogens is 1. The molecule has 0 N–H and O–H groups in total. The summed E-state index contributed by atoms with van der Waals surface area (Å²) in [5, 5.41) is 4.99. The molecule has 8 heteroatoms. The van der Waals surface area contributed by atoms with Gasteiger partial charge in [-0.25, -0.2) is 4.98 Å². The molecule has 1 amide bonds. The number of carbonyl (C=O) groups is 1. The van der Waals surface area contributed by atoms with E-state index in [1.807, 2.05) is 27.1 Å². The molecule has 0 aliphatic heterocycles. The van der Waals surface area contributed by atoms with E-state index >= 15 is 0 Å². The van der Waals surface area contributed by atoms with E-state index in [1.54, 1.807) is 33.2 Å². The maximum Gasteiger partial charge on any atom is 0.278 e. The summed E-state index contributed by atoms with van der Waals surface area (Å²) >= 11 is 1.57. The Labute approximate surface area is 170 Å². The predicted octanol–water partition coefficient (Wildman–Crippen LogP) is 3.84. The Kier molecular flexibility index (Phi) is 7.35. The van der Waals surface area contributed by atoms with Gasteiger partial charge in [0.05, 0.1) is 10.2 Å². The van der Waals surface area contributed by atoms with Crippen molar-refractivity contribution in [3.8, 4) is 0 Å². The highest BCUT2D eigenvalue weighted by Crippen LogP contribution is 2.30. The highest BCUT2D eigenvalue weighted by atomic mass is 35.5. The number of carbonyl (C=O) groups excluding carboxylic acids is 1. The van der Waals surface area contributed by atoms with Crippen molar-refractivity contribution in [3.63, 3.8) is 0 Å². The lowest BCUT2D eigenvalue weighted by Crippen LogP contribution is -2.34. The average Bonchev–Trinajstić information content (AvgIpc) is 3.23. The van der Waals surface area contributed by atoms with Crippen LogP contribution in [0, 0.1) is 6.92 Å². The Morgan fingerprint density at radius 2 is 2.00 bits per heavy atom. The van der Waals surface area contributed by atoms with Crippen LogP contribution in [0.1, 0.15) is 29.4 Å². The highest BCUT2D eigenvalue weighted by molar-refractivity contribution is 7.22. The largest absolute Gasteiger partial charge is 0.309 e. The molecule has 0 saturated heterocycles. The molecule has 0 spiro atoms. The quantitative estimate of drug-likeness (QED) is 0.597. The van der Waals surface area contributed by atoms with Crippen LogP contribution in [0.2, 0.25) is 0 Å². The van der Waals surface area contributed by atoms with Gasteiger partial charge in [-0.2, -0.15) is 5.10 Å². The zero-order valence-electron chi connectivity index (χ0n) is 16.2. The number of nitrogens with zero attached hydrogens (tertiary/aromatic N) is 5. The van der Waals surface area contributed by atoms with Gasteiger partial charge >= 0.3 is 0 Å². The van der Waals surface area contributed by atoms with E-state index in [-0.39, 0.29) is 18.3 Å². The van der Waals surface area contributed by atoms with Gasteiger partial charge in [-0.1, -0.05) is 17.4 Å². The van der Waals surface area contributed by atoms with Gasteiger partial charge < -0.3 is 4.90 Å². The van der Waals surface area contributed by atoms with E-state index in [4.69, 9.17) is 4.98 Å². The molecule has 3 rings (SSSR count). The fourth-order valence-electron chi connectivity index (χ4n) is 2.87. The SMILES string of the molecule is CCn1nccc1C(=O)N(CCCN(C)C)c1nc2ccc(C)cc2s1.Cl. The van der Waals surface area contributed by atoms with Gasteiger partial charge in [0.25, 0.3) is 5.91 Å². The van der Waals surface area contributed by atoms with Crippen LogP contribution in [-0.4, -0.2) is 52.8 Å². The summed E-state index contributed by atoms with van der Waals surface area (Å²) in [5.41, 5.74) is 2.74. The maximum absolute atomic E-state index is 13.2. The number of aromatic nitrogens is 3. The number of hydrogen-bond acceptors (Lipinski definition) is 5. The topological polar surface area (TPSA) is 54.3 Å². The van der Waals surface area contributed by atoms with Crippen LogP contribution in [0.4, 0.5) is 5.13 Å². The van der Waals surface area contributed by atoms with Gasteiger partial charge in [0.2, 0.25) is 0 Å². The van der Waals surface area contributed by atoms with Crippen molar-refractivity contribution in [1.29, 1.82) is 0 Å². The Hall–Kier alpha value is -1.96. The molecular formula is C19H26ClN5OS. The Morgan fingerprint density at radius 1 is 1.22 bits per heavy atom. The van der Waals surface area contributed by atoms with Gasteiger partial charge in [0.1, 0.15) is 5.69 Å². The molecule has 2 heterocycles. The van der Waals surface area contributed by atoms with Gasteiger partial charge in [-0.05, 0) is 64.7 Å². The minimum Gasteiger partial charge on any atom is -0.309 e. The van der Waals surface area contributed by atoms with Crippen LogP contribution in [0.5, 0.6) is 0 Å². The Morgan fingerprint density at radius 3 is 2.70 bits per heavy atom. The zero-order valence-corrected chi connectivity index (χ0v) is 17.8. The number of benzene rings is 1. The molecular weight excluding hydrogens is 382 g/mol. The lowest BCUT2D eigenvalue weighted by Gasteiger charge is -2.21. The number of amides is 1. The van der Waals surface area contributed by atoms with Crippen molar-refractivity contribution in [2.45, 2.75) is 26.8 Å². The van der Waals surface area contributed by atoms with E-state index in [2.05, 4.69) is 29.1 Å². The third kappa shape index (κ3) is 4.86. The molecule has 0 unspecified atom stereocenters.